The summed E-state index contributed by atoms with van der Waals surface area (Å²) < 4.78 is 55.6. The van der Waals surface area contributed by atoms with Gasteiger partial charge >= 0.3 is 11.9 Å². The van der Waals surface area contributed by atoms with Crippen molar-refractivity contribution in [3.05, 3.63) is 59.8 Å². The van der Waals surface area contributed by atoms with Crippen LogP contribution in [0, 0.1) is 47.3 Å². The van der Waals surface area contributed by atoms with E-state index in [0.717, 1.165) is 32.1 Å². The minimum absolute atomic E-state index is 0.0278. The Bertz CT molecular complexity index is 2410. The van der Waals surface area contributed by atoms with Crippen LogP contribution in [-0.2, 0) is 52.2 Å². The van der Waals surface area contributed by atoms with Crippen molar-refractivity contribution < 1.29 is 98.2 Å². The molecule has 0 aromatic heterocycles. The third-order valence-electron chi connectivity index (χ3n) is 22.3. The predicted molar refractivity (Wildman–Crippen MR) is 373 cm³/mol. The number of rotatable bonds is 15. The van der Waals surface area contributed by atoms with E-state index < -0.39 is 133 Å². The summed E-state index contributed by atoms with van der Waals surface area (Å²) in [5.41, 5.74) is 1.39. The first-order valence-electron chi connectivity index (χ1n) is 37.0. The van der Waals surface area contributed by atoms with Crippen LogP contribution in [0.5, 0.6) is 0 Å². The Morgan fingerprint density at radius 3 is 1.39 bits per heavy atom. The lowest BCUT2D eigenvalue weighted by molar-refractivity contribution is -0.158. The third-order valence-corrected chi connectivity index (χ3v) is 22.3. The van der Waals surface area contributed by atoms with Gasteiger partial charge in [0, 0.05) is 88.3 Å². The zero-order valence-corrected chi connectivity index (χ0v) is 61.6. The molecule has 3 fully saturated rings. The van der Waals surface area contributed by atoms with Crippen LogP contribution in [0.2, 0.25) is 0 Å². The maximum Gasteiger partial charge on any atom is 0.331 e. The van der Waals surface area contributed by atoms with Gasteiger partial charge in [-0.1, -0.05) is 103 Å². The normalized spacial score (nSPS) is 41.5. The Balaban J connectivity index is 1.36. The number of hydrogen-bond donors (Lipinski definition) is 9. The van der Waals surface area contributed by atoms with E-state index in [0.29, 0.717) is 75.4 Å². The number of carbonyl (C=O) groups excluding carboxylic acids is 2. The van der Waals surface area contributed by atoms with Gasteiger partial charge in [-0.3, -0.25) is 0 Å². The number of allylic oxidation sites excluding steroid dienone is 4. The highest BCUT2D eigenvalue weighted by Crippen LogP contribution is 2.37. The number of carbonyl (C=O) groups is 2. The van der Waals surface area contributed by atoms with E-state index in [2.05, 4.69) is 0 Å². The molecule has 0 aliphatic carbocycles. The molecule has 0 amide bonds. The van der Waals surface area contributed by atoms with Gasteiger partial charge in [0.05, 0.1) is 122 Å². The van der Waals surface area contributed by atoms with Crippen molar-refractivity contribution in [2.75, 3.05) is 21.3 Å². The van der Waals surface area contributed by atoms with E-state index in [-0.39, 0.29) is 92.8 Å². The smallest absolute Gasteiger partial charge is 0.331 e. The molecule has 5 aliphatic heterocycles. The van der Waals surface area contributed by atoms with Crippen molar-refractivity contribution in [3.63, 3.8) is 0 Å². The fourth-order valence-electron chi connectivity index (χ4n) is 15.5. The van der Waals surface area contributed by atoms with Crippen LogP contribution in [0.3, 0.4) is 0 Å². The molecule has 30 atom stereocenters. The highest BCUT2D eigenvalue weighted by atomic mass is 16.6. The molecule has 0 aromatic carbocycles. The van der Waals surface area contributed by atoms with Crippen molar-refractivity contribution >= 4 is 11.9 Å². The molecular weight excluding hydrogens is 1240 g/mol. The van der Waals surface area contributed by atoms with Gasteiger partial charge in [-0.2, -0.15) is 0 Å². The molecule has 0 radical (unpaired) electrons. The number of aliphatic hydroxyl groups is 9. The van der Waals surface area contributed by atoms with E-state index in [9.17, 15) is 55.5 Å². The molecule has 560 valence electrons. The Morgan fingerprint density at radius 2 is 0.918 bits per heavy atom. The average molecular weight is 1380 g/mol. The fraction of sp³-hybridized carbons (Fsp3) is 0.844. The number of methoxy groups -OCH3 is 3. The standard InChI is InChI=1S/C77H132O20/c1-44-22-28-56(78)36-59-19-17-21-62(95-59)41-71(91-15)51(8)67(82)43-69(84)53(10)77(55(12)75(88)47(4)27-31-64-39-65(89-13)35-49(6)93-64)97-73(86)33-25-45(2)23-29-57(79)37-60-18-16-20-61(94-60)40-70(90-14)50(7)66(81)42-68(83)52(9)76(96-72(85)32-24-44)54(11)74(87)46(3)26-30-63-38-58(80)34-48(5)92-63/h17,19,22-25,32-33,46-71,74-84,87-88H,16,18,20-21,26-31,34-43H2,1-15H3/b32-24+,33-25+,44-22+,45-23+/t46-,47-,48-,49-,50-,51-,52-,53-,54-,55-,56-,57-,58+,59-,60-,61+,62+,63-,64-,65+,66-,67-,68+,69+,70-,71-,74-,75-,76-,77-/m0/s1. The van der Waals surface area contributed by atoms with Crippen LogP contribution in [0.1, 0.15) is 212 Å². The molecule has 5 rings (SSSR count). The molecule has 20 nitrogen and oxygen atoms in total. The van der Waals surface area contributed by atoms with Gasteiger partial charge in [-0.15, -0.1) is 0 Å². The largest absolute Gasteiger partial charge is 0.458 e. The summed E-state index contributed by atoms with van der Waals surface area (Å²) in [5, 5.41) is 105. The summed E-state index contributed by atoms with van der Waals surface area (Å²) in [5.74, 6) is -5.54. The first-order valence-corrected chi connectivity index (χ1v) is 37.0. The lowest BCUT2D eigenvalue weighted by Gasteiger charge is -2.38. The number of hydrogen-bond acceptors (Lipinski definition) is 20. The lowest BCUT2D eigenvalue weighted by Crippen LogP contribution is -2.45. The van der Waals surface area contributed by atoms with Crippen LogP contribution in [-0.4, -0.2) is 214 Å². The molecule has 4 bridgehead atoms. The van der Waals surface area contributed by atoms with Gasteiger partial charge in [-0.05, 0) is 149 Å². The minimum atomic E-state index is -1.17. The molecular formula is C77H132O20. The number of aliphatic hydroxyl groups excluding tert-OH is 9. The van der Waals surface area contributed by atoms with Gasteiger partial charge < -0.3 is 88.6 Å². The van der Waals surface area contributed by atoms with Gasteiger partial charge in [0.2, 0.25) is 0 Å². The van der Waals surface area contributed by atoms with Gasteiger partial charge in [0.25, 0.3) is 0 Å². The van der Waals surface area contributed by atoms with E-state index in [1.54, 1.807) is 54.3 Å². The summed E-state index contributed by atoms with van der Waals surface area (Å²) in [7, 11) is 4.88. The number of esters is 2. The SMILES string of the molecule is CO[C@H]1C[C@H](CC[C@H](C)[C@H](O)[C@H](C)[C@H]2OC(=O)/C=C/C(C)=C/C[C@H](O)C[C@@H]3CCC[C@H](C[C@H](OC)[C@@H](C)[C@@H](O)C[C@@H](O)[C@H](C)[C@@H]([C@@H](C)[C@@H](O)[C@@H](C)CC[C@H]4C[C@H](O)C[C@H](C)O4)OC(=O)/C=C/C(C)=C/C[C@H](O)C[C@@H]4C=CC[C@H](C[C@H](OC)[C@@H](C)[C@@H](O)C[C@@H](O)[C@@H]2C)O4)O3)O[C@@H](C)C1. The highest BCUT2D eigenvalue weighted by Gasteiger charge is 2.42. The van der Waals surface area contributed by atoms with Gasteiger partial charge in [0.1, 0.15) is 12.2 Å². The first kappa shape index (κ1) is 84.7. The Morgan fingerprint density at radius 1 is 0.474 bits per heavy atom. The van der Waals surface area contributed by atoms with E-state index in [4.69, 9.17) is 42.6 Å². The summed E-state index contributed by atoms with van der Waals surface area (Å²) in [4.78, 5) is 27.8. The van der Waals surface area contributed by atoms with Crippen LogP contribution >= 0.6 is 0 Å². The van der Waals surface area contributed by atoms with Crippen LogP contribution in [0.4, 0.5) is 0 Å². The molecule has 3 saturated heterocycles. The number of ether oxygens (including phenoxy) is 9. The summed E-state index contributed by atoms with van der Waals surface area (Å²) in [6.07, 6.45) is 11.0. The second-order valence-electron chi connectivity index (χ2n) is 30.5. The van der Waals surface area contributed by atoms with Crippen molar-refractivity contribution in [3.8, 4) is 0 Å². The molecule has 0 aromatic rings. The monoisotopic (exact) mass is 1380 g/mol. The Kier molecular flexibility index (Phi) is 37.1. The van der Waals surface area contributed by atoms with Crippen molar-refractivity contribution in [1.29, 1.82) is 0 Å². The fourth-order valence-corrected chi connectivity index (χ4v) is 15.5. The van der Waals surface area contributed by atoms with E-state index in [1.165, 1.54) is 12.2 Å². The van der Waals surface area contributed by atoms with Crippen molar-refractivity contribution in [2.24, 2.45) is 47.3 Å². The quantitative estimate of drug-likeness (QED) is 0.0544. The zero-order chi connectivity index (χ0) is 71.8. The van der Waals surface area contributed by atoms with Crippen LogP contribution in [0.25, 0.3) is 0 Å². The molecule has 5 heterocycles. The topological polar surface area (TPSA) is 299 Å². The summed E-state index contributed by atoms with van der Waals surface area (Å²) >= 11 is 0. The van der Waals surface area contributed by atoms with E-state index in [1.807, 2.05) is 86.6 Å². The molecule has 5 aliphatic rings. The molecule has 0 unspecified atom stereocenters. The predicted octanol–water partition coefficient (Wildman–Crippen LogP) is 9.68. The molecule has 20 heteroatoms. The summed E-state index contributed by atoms with van der Waals surface area (Å²) in [6, 6.07) is 0. The lowest BCUT2D eigenvalue weighted by atomic mass is 9.78. The maximum atomic E-state index is 13.9. The third kappa shape index (κ3) is 28.3. The molecule has 9 N–H and O–H groups in total. The van der Waals surface area contributed by atoms with Gasteiger partial charge in [0.15, 0.2) is 0 Å². The Hall–Kier alpha value is -3.00. The first-order chi connectivity index (χ1) is 45.9. The Labute approximate surface area is 581 Å². The maximum absolute atomic E-state index is 13.9. The minimum Gasteiger partial charge on any atom is -0.458 e. The molecule has 0 saturated carbocycles. The number of cyclic esters (lactones) is 2. The summed E-state index contributed by atoms with van der Waals surface area (Å²) in [6.45, 7) is 22.4. The molecule has 97 heavy (non-hydrogen) atoms. The van der Waals surface area contributed by atoms with Crippen LogP contribution < -0.4 is 0 Å². The second kappa shape index (κ2) is 42.6. The van der Waals surface area contributed by atoms with Crippen molar-refractivity contribution in [1.82, 2.24) is 0 Å². The zero-order valence-electron chi connectivity index (χ0n) is 61.6. The van der Waals surface area contributed by atoms with Crippen LogP contribution in [0.15, 0.2) is 59.8 Å². The highest BCUT2D eigenvalue weighted by molar-refractivity contribution is 5.83. The second-order valence-corrected chi connectivity index (χ2v) is 30.5. The average Bonchev–Trinajstić information content (AvgIpc) is 0.868. The van der Waals surface area contributed by atoms with E-state index >= 15 is 0 Å². The van der Waals surface area contributed by atoms with Gasteiger partial charge in [-0.25, -0.2) is 9.59 Å². The number of fused-ring (bicyclic) bond motifs is 4. The molecule has 0 spiro atoms. The van der Waals surface area contributed by atoms with Crippen molar-refractivity contribution in [2.45, 2.75) is 346 Å².